The van der Waals surface area contributed by atoms with E-state index in [1.54, 1.807) is 6.26 Å². The quantitative estimate of drug-likeness (QED) is 0.356. The average molecular weight is 453 g/mol. The van der Waals surface area contributed by atoms with Gasteiger partial charge in [-0.2, -0.15) is 0 Å². The molecule has 0 saturated carbocycles. The number of para-hydroxylation sites is 1. The fraction of sp³-hybridized carbons (Fsp3) is 0.174. The second-order valence-corrected chi connectivity index (χ2v) is 8.21. The van der Waals surface area contributed by atoms with Gasteiger partial charge in [0.2, 0.25) is 5.91 Å². The second-order valence-electron chi connectivity index (χ2n) is 6.83. The first-order chi connectivity index (χ1) is 15.1. The number of hydrogen-bond donors (Lipinski definition) is 1. The van der Waals surface area contributed by atoms with Crippen molar-refractivity contribution >= 4 is 35.0 Å². The smallest absolute Gasteiger partial charge is 0.234 e. The molecule has 0 bridgehead atoms. The van der Waals surface area contributed by atoms with Crippen LogP contribution in [0.4, 0.5) is 5.69 Å². The first-order valence-corrected chi connectivity index (χ1v) is 11.2. The minimum Gasteiger partial charge on any atom is -0.467 e. The van der Waals surface area contributed by atoms with Crippen molar-refractivity contribution in [2.45, 2.75) is 25.0 Å². The highest BCUT2D eigenvalue weighted by Crippen LogP contribution is 2.26. The molecule has 0 unspecified atom stereocenters. The molecule has 4 rings (SSSR count). The molecule has 2 heterocycles. The van der Waals surface area contributed by atoms with Crippen LogP contribution in [0, 0.1) is 0 Å². The lowest BCUT2D eigenvalue weighted by molar-refractivity contribution is -0.113. The van der Waals surface area contributed by atoms with Gasteiger partial charge >= 0.3 is 0 Å². The summed E-state index contributed by atoms with van der Waals surface area (Å²) in [4.78, 5) is 12.6. The summed E-state index contributed by atoms with van der Waals surface area (Å²) in [5, 5.41) is 13.0. The maximum absolute atomic E-state index is 12.6. The molecule has 0 radical (unpaired) electrons. The van der Waals surface area contributed by atoms with Crippen molar-refractivity contribution in [3.63, 3.8) is 0 Å². The highest BCUT2D eigenvalue weighted by molar-refractivity contribution is 7.99. The number of aryl methyl sites for hydroxylation is 1. The molecule has 8 heteroatoms. The Morgan fingerprint density at radius 2 is 1.90 bits per heavy atom. The lowest BCUT2D eigenvalue weighted by atomic mass is 10.1. The molecule has 1 amide bonds. The Kier molecular flexibility index (Phi) is 6.74. The van der Waals surface area contributed by atoms with Gasteiger partial charge in [0.05, 0.1) is 18.6 Å². The molecule has 31 heavy (non-hydrogen) atoms. The molecule has 0 saturated heterocycles. The number of aromatic nitrogens is 3. The Balaban J connectivity index is 1.53. The highest BCUT2D eigenvalue weighted by Gasteiger charge is 2.17. The molecular weight excluding hydrogens is 432 g/mol. The summed E-state index contributed by atoms with van der Waals surface area (Å²) in [6, 6.07) is 19.0. The van der Waals surface area contributed by atoms with Crippen molar-refractivity contribution in [2.24, 2.45) is 0 Å². The van der Waals surface area contributed by atoms with E-state index in [0.717, 1.165) is 29.0 Å². The van der Waals surface area contributed by atoms with Crippen molar-refractivity contribution in [1.29, 1.82) is 0 Å². The van der Waals surface area contributed by atoms with Crippen LogP contribution in [0.5, 0.6) is 0 Å². The topological polar surface area (TPSA) is 73.0 Å². The molecule has 4 aromatic rings. The zero-order valence-electron chi connectivity index (χ0n) is 16.9. The van der Waals surface area contributed by atoms with Crippen LogP contribution in [-0.2, 0) is 17.8 Å². The number of hydrogen-bond acceptors (Lipinski definition) is 5. The van der Waals surface area contributed by atoms with Gasteiger partial charge in [-0.15, -0.1) is 10.2 Å². The Labute approximate surface area is 189 Å². The van der Waals surface area contributed by atoms with E-state index in [0.29, 0.717) is 22.5 Å². The number of anilines is 1. The number of rotatable bonds is 8. The molecule has 6 nitrogen and oxygen atoms in total. The van der Waals surface area contributed by atoms with Gasteiger partial charge in [-0.1, -0.05) is 48.5 Å². The first-order valence-electron chi connectivity index (χ1n) is 9.86. The Hall–Kier alpha value is -3.03. The largest absolute Gasteiger partial charge is 0.467 e. The number of carbonyl (C=O) groups excluding carboxylic acids is 1. The zero-order valence-corrected chi connectivity index (χ0v) is 18.5. The molecular formula is C23H21ClN4O2S. The summed E-state index contributed by atoms with van der Waals surface area (Å²) >= 11 is 7.36. The summed E-state index contributed by atoms with van der Waals surface area (Å²) in [5.41, 5.74) is 2.83. The van der Waals surface area contributed by atoms with Crippen LogP contribution in [-0.4, -0.2) is 26.4 Å². The van der Waals surface area contributed by atoms with Gasteiger partial charge in [-0.25, -0.2) is 0 Å². The number of thioether (sulfide) groups is 1. The Morgan fingerprint density at radius 3 is 2.65 bits per heavy atom. The zero-order chi connectivity index (χ0) is 21.6. The third kappa shape index (κ3) is 5.18. The van der Waals surface area contributed by atoms with Gasteiger partial charge < -0.3 is 9.73 Å². The van der Waals surface area contributed by atoms with Gasteiger partial charge in [-0.3, -0.25) is 9.36 Å². The number of halogens is 1. The second kappa shape index (κ2) is 9.85. The molecule has 0 atom stereocenters. The van der Waals surface area contributed by atoms with Crippen molar-refractivity contribution in [2.75, 3.05) is 11.1 Å². The third-order valence-corrected chi connectivity index (χ3v) is 5.94. The summed E-state index contributed by atoms with van der Waals surface area (Å²) in [5.74, 6) is 1.59. The van der Waals surface area contributed by atoms with Crippen LogP contribution in [0.1, 0.15) is 18.2 Å². The lowest BCUT2D eigenvalue weighted by Crippen LogP contribution is -2.16. The number of nitrogens with zero attached hydrogens (tertiary/aromatic N) is 3. The summed E-state index contributed by atoms with van der Waals surface area (Å²) in [6.45, 7) is 2.52. The van der Waals surface area contributed by atoms with E-state index in [9.17, 15) is 4.79 Å². The van der Waals surface area contributed by atoms with E-state index in [1.807, 2.05) is 65.2 Å². The summed E-state index contributed by atoms with van der Waals surface area (Å²) < 4.78 is 7.46. The van der Waals surface area contributed by atoms with E-state index in [4.69, 9.17) is 16.0 Å². The molecule has 2 aromatic heterocycles. The minimum absolute atomic E-state index is 0.0912. The Bertz CT molecular complexity index is 1160. The minimum atomic E-state index is -0.0912. The van der Waals surface area contributed by atoms with E-state index >= 15 is 0 Å². The van der Waals surface area contributed by atoms with Gasteiger partial charge in [0.15, 0.2) is 11.0 Å². The molecule has 0 aliphatic carbocycles. The van der Waals surface area contributed by atoms with Crippen LogP contribution in [0.15, 0.2) is 76.5 Å². The van der Waals surface area contributed by atoms with Gasteiger partial charge in [0.25, 0.3) is 0 Å². The van der Waals surface area contributed by atoms with Gasteiger partial charge in [0.1, 0.15) is 5.76 Å². The van der Waals surface area contributed by atoms with Crippen molar-refractivity contribution in [3.05, 3.63) is 83.3 Å². The summed E-state index contributed by atoms with van der Waals surface area (Å²) in [6.07, 6.45) is 2.48. The standard InChI is InChI=1S/C23H21ClN4O2S/c1-2-16-6-3-4-8-20(16)25-21(29)15-31-23-27-26-22(17-9-11-18(24)12-10-17)28(23)14-19-7-5-13-30-19/h3-13H,2,14-15H2,1H3,(H,25,29). The molecule has 0 spiro atoms. The average Bonchev–Trinajstić information content (AvgIpc) is 3.44. The molecule has 158 valence electrons. The molecule has 1 N–H and O–H groups in total. The normalized spacial score (nSPS) is 10.9. The van der Waals surface area contributed by atoms with Crippen LogP contribution in [0.25, 0.3) is 11.4 Å². The third-order valence-electron chi connectivity index (χ3n) is 4.72. The fourth-order valence-corrected chi connectivity index (χ4v) is 4.04. The Morgan fingerprint density at radius 1 is 1.10 bits per heavy atom. The molecule has 0 aliphatic rings. The van der Waals surface area contributed by atoms with Crippen molar-refractivity contribution in [1.82, 2.24) is 14.8 Å². The number of carbonyl (C=O) groups is 1. The maximum Gasteiger partial charge on any atom is 0.234 e. The first kappa shape index (κ1) is 21.2. The van der Waals surface area contributed by atoms with E-state index in [1.165, 1.54) is 11.8 Å². The monoisotopic (exact) mass is 452 g/mol. The maximum atomic E-state index is 12.6. The predicted octanol–water partition coefficient (Wildman–Crippen LogP) is 5.53. The number of furan rings is 1. The number of benzene rings is 2. The van der Waals surface area contributed by atoms with Gasteiger partial charge in [-0.05, 0) is 54.4 Å². The predicted molar refractivity (Wildman–Crippen MR) is 123 cm³/mol. The van der Waals surface area contributed by atoms with Crippen LogP contribution < -0.4 is 5.32 Å². The van der Waals surface area contributed by atoms with E-state index in [2.05, 4.69) is 22.4 Å². The van der Waals surface area contributed by atoms with E-state index < -0.39 is 0 Å². The van der Waals surface area contributed by atoms with Crippen LogP contribution in [0.3, 0.4) is 0 Å². The molecule has 0 fully saturated rings. The van der Waals surface area contributed by atoms with Crippen LogP contribution >= 0.6 is 23.4 Å². The lowest BCUT2D eigenvalue weighted by Gasteiger charge is -2.11. The molecule has 2 aromatic carbocycles. The van der Waals surface area contributed by atoms with Gasteiger partial charge in [0, 0.05) is 16.3 Å². The summed E-state index contributed by atoms with van der Waals surface area (Å²) in [7, 11) is 0. The number of amides is 1. The van der Waals surface area contributed by atoms with Crippen molar-refractivity contribution < 1.29 is 9.21 Å². The molecule has 0 aliphatic heterocycles. The SMILES string of the molecule is CCc1ccccc1NC(=O)CSc1nnc(-c2ccc(Cl)cc2)n1Cc1ccco1. The van der Waals surface area contributed by atoms with Crippen molar-refractivity contribution in [3.8, 4) is 11.4 Å². The van der Waals surface area contributed by atoms with Crippen LogP contribution in [0.2, 0.25) is 5.02 Å². The fourth-order valence-electron chi connectivity index (χ4n) is 3.18. The van der Waals surface area contributed by atoms with E-state index in [-0.39, 0.29) is 11.7 Å². The highest BCUT2D eigenvalue weighted by atomic mass is 35.5. The number of nitrogens with one attached hydrogen (secondary N) is 1.